The monoisotopic (exact) mass is 225 g/mol. The van der Waals surface area contributed by atoms with Gasteiger partial charge in [-0.25, -0.2) is 0 Å². The quantitative estimate of drug-likeness (QED) is 0.788. The van der Waals surface area contributed by atoms with E-state index in [-0.39, 0.29) is 6.61 Å². The third-order valence-electron chi connectivity index (χ3n) is 2.41. The predicted molar refractivity (Wildman–Crippen MR) is 63.0 cm³/mol. The maximum Gasteiger partial charge on any atom is 0.165 e. The van der Waals surface area contributed by atoms with E-state index in [2.05, 4.69) is 0 Å². The maximum absolute atomic E-state index is 8.84. The number of methoxy groups -OCH3 is 2. The second-order valence-corrected chi connectivity index (χ2v) is 3.61. The van der Waals surface area contributed by atoms with Crippen LogP contribution < -0.4 is 9.47 Å². The number of ether oxygens (including phenoxy) is 2. The molecule has 0 unspecified atom stereocenters. The number of aliphatic hydroxyl groups excluding tert-OH is 1. The zero-order chi connectivity index (χ0) is 12.0. The van der Waals surface area contributed by atoms with Gasteiger partial charge in [0.2, 0.25) is 0 Å². The minimum Gasteiger partial charge on any atom is -0.493 e. The lowest BCUT2D eigenvalue weighted by molar-refractivity contribution is 0.215. The first-order chi connectivity index (χ1) is 7.72. The highest BCUT2D eigenvalue weighted by Gasteiger charge is 2.10. The normalized spacial score (nSPS) is 10.6. The Morgan fingerprint density at radius 2 is 2.00 bits per heavy atom. The molecule has 1 aromatic rings. The summed E-state index contributed by atoms with van der Waals surface area (Å²) >= 11 is 0. The smallest absolute Gasteiger partial charge is 0.165 e. The van der Waals surface area contributed by atoms with Gasteiger partial charge in [0.25, 0.3) is 0 Å². The summed E-state index contributed by atoms with van der Waals surface area (Å²) in [5, 5.41) is 8.84. The summed E-state index contributed by atoms with van der Waals surface area (Å²) in [6, 6.07) is 5.80. The average molecular weight is 225 g/mol. The Morgan fingerprint density at radius 3 is 2.56 bits per heavy atom. The van der Waals surface area contributed by atoms with Crippen molar-refractivity contribution >= 4 is 0 Å². The van der Waals surface area contributed by atoms with E-state index in [1.165, 1.54) is 0 Å². The van der Waals surface area contributed by atoms with Crippen molar-refractivity contribution in [2.45, 2.75) is 6.54 Å². The standard InChI is InChI=1S/C12H19NO3/c1-13(7-8-14)9-10-5-4-6-11(15-2)12(10)16-3/h4-6,14H,7-9H2,1-3H3. The fraction of sp³-hybridized carbons (Fsp3) is 0.500. The highest BCUT2D eigenvalue weighted by atomic mass is 16.5. The van der Waals surface area contributed by atoms with E-state index in [4.69, 9.17) is 14.6 Å². The van der Waals surface area contributed by atoms with Gasteiger partial charge in [-0.1, -0.05) is 12.1 Å². The maximum atomic E-state index is 8.84. The summed E-state index contributed by atoms with van der Waals surface area (Å²) in [5.74, 6) is 1.49. The van der Waals surface area contributed by atoms with Gasteiger partial charge in [0.05, 0.1) is 20.8 Å². The van der Waals surface area contributed by atoms with Crippen LogP contribution in [0.15, 0.2) is 18.2 Å². The van der Waals surface area contributed by atoms with Crippen LogP contribution in [0.25, 0.3) is 0 Å². The fourth-order valence-corrected chi connectivity index (χ4v) is 1.62. The number of hydrogen-bond acceptors (Lipinski definition) is 4. The molecule has 0 fully saturated rings. The molecule has 0 spiro atoms. The second-order valence-electron chi connectivity index (χ2n) is 3.61. The topological polar surface area (TPSA) is 41.9 Å². The molecule has 0 aliphatic rings. The van der Waals surface area contributed by atoms with Crippen LogP contribution in [0.5, 0.6) is 11.5 Å². The molecule has 16 heavy (non-hydrogen) atoms. The summed E-state index contributed by atoms with van der Waals surface area (Å²) in [5.41, 5.74) is 1.05. The number of rotatable bonds is 6. The first kappa shape index (κ1) is 12.8. The Morgan fingerprint density at radius 1 is 1.25 bits per heavy atom. The second kappa shape index (κ2) is 6.35. The van der Waals surface area contributed by atoms with E-state index in [1.807, 2.05) is 30.1 Å². The van der Waals surface area contributed by atoms with Crippen molar-refractivity contribution in [2.75, 3.05) is 34.4 Å². The average Bonchev–Trinajstić information content (AvgIpc) is 2.29. The first-order valence-corrected chi connectivity index (χ1v) is 5.22. The van der Waals surface area contributed by atoms with Crippen LogP contribution in [0.2, 0.25) is 0 Å². The van der Waals surface area contributed by atoms with Crippen molar-refractivity contribution in [3.8, 4) is 11.5 Å². The lowest BCUT2D eigenvalue weighted by Crippen LogP contribution is -2.21. The number of nitrogens with zero attached hydrogens (tertiary/aromatic N) is 1. The number of aliphatic hydroxyl groups is 1. The number of likely N-dealkylation sites (N-methyl/N-ethyl adjacent to an activating group) is 1. The fourth-order valence-electron chi connectivity index (χ4n) is 1.62. The van der Waals surface area contributed by atoms with Crippen LogP contribution in [0, 0.1) is 0 Å². The van der Waals surface area contributed by atoms with Crippen LogP contribution in [0.1, 0.15) is 5.56 Å². The van der Waals surface area contributed by atoms with Gasteiger partial charge in [0.15, 0.2) is 11.5 Å². The lowest BCUT2D eigenvalue weighted by atomic mass is 10.1. The number of para-hydroxylation sites is 1. The van der Waals surface area contributed by atoms with E-state index in [1.54, 1.807) is 14.2 Å². The summed E-state index contributed by atoms with van der Waals surface area (Å²) < 4.78 is 10.6. The molecule has 0 amide bonds. The van der Waals surface area contributed by atoms with Crippen molar-refractivity contribution in [3.63, 3.8) is 0 Å². The van der Waals surface area contributed by atoms with Gasteiger partial charge < -0.3 is 14.6 Å². The van der Waals surface area contributed by atoms with E-state index in [0.717, 1.165) is 23.6 Å². The highest BCUT2D eigenvalue weighted by molar-refractivity contribution is 5.46. The van der Waals surface area contributed by atoms with Crippen molar-refractivity contribution in [3.05, 3.63) is 23.8 Å². The molecule has 0 aliphatic carbocycles. The minimum atomic E-state index is 0.156. The van der Waals surface area contributed by atoms with Crippen LogP contribution >= 0.6 is 0 Å². The summed E-state index contributed by atoms with van der Waals surface area (Å²) in [7, 11) is 5.21. The number of benzene rings is 1. The Hall–Kier alpha value is -1.26. The van der Waals surface area contributed by atoms with Crippen molar-refractivity contribution < 1.29 is 14.6 Å². The molecule has 0 saturated heterocycles. The van der Waals surface area contributed by atoms with E-state index >= 15 is 0 Å². The van der Waals surface area contributed by atoms with E-state index in [0.29, 0.717) is 6.54 Å². The molecule has 1 aromatic carbocycles. The van der Waals surface area contributed by atoms with Crippen LogP contribution in [0.3, 0.4) is 0 Å². The molecule has 4 nitrogen and oxygen atoms in total. The molecular weight excluding hydrogens is 206 g/mol. The molecule has 1 rings (SSSR count). The molecule has 0 heterocycles. The summed E-state index contributed by atoms with van der Waals surface area (Å²) in [6.45, 7) is 1.52. The third kappa shape index (κ3) is 3.12. The Bertz CT molecular complexity index is 328. The molecule has 0 aromatic heterocycles. The minimum absolute atomic E-state index is 0.156. The largest absolute Gasteiger partial charge is 0.493 e. The van der Waals surface area contributed by atoms with Gasteiger partial charge in [0, 0.05) is 18.7 Å². The van der Waals surface area contributed by atoms with Crippen molar-refractivity contribution in [2.24, 2.45) is 0 Å². The first-order valence-electron chi connectivity index (χ1n) is 5.22. The molecule has 1 N–H and O–H groups in total. The van der Waals surface area contributed by atoms with Gasteiger partial charge in [-0.3, -0.25) is 4.90 Å². The molecule has 0 radical (unpaired) electrons. The predicted octanol–water partition coefficient (Wildman–Crippen LogP) is 1.13. The van der Waals surface area contributed by atoms with Gasteiger partial charge in [0.1, 0.15) is 0 Å². The third-order valence-corrected chi connectivity index (χ3v) is 2.41. The van der Waals surface area contributed by atoms with E-state index in [9.17, 15) is 0 Å². The highest BCUT2D eigenvalue weighted by Crippen LogP contribution is 2.31. The van der Waals surface area contributed by atoms with Crippen LogP contribution in [0.4, 0.5) is 0 Å². The summed E-state index contributed by atoms with van der Waals surface area (Å²) in [4.78, 5) is 2.03. The van der Waals surface area contributed by atoms with E-state index < -0.39 is 0 Å². The van der Waals surface area contributed by atoms with Gasteiger partial charge in [-0.2, -0.15) is 0 Å². The van der Waals surface area contributed by atoms with Gasteiger partial charge >= 0.3 is 0 Å². The number of hydrogen-bond donors (Lipinski definition) is 1. The van der Waals surface area contributed by atoms with Crippen molar-refractivity contribution in [1.29, 1.82) is 0 Å². The zero-order valence-corrected chi connectivity index (χ0v) is 10.1. The molecule has 90 valence electrons. The molecule has 0 atom stereocenters. The molecule has 0 saturated carbocycles. The molecular formula is C12H19NO3. The zero-order valence-electron chi connectivity index (χ0n) is 10.1. The molecule has 0 aliphatic heterocycles. The SMILES string of the molecule is COc1cccc(CN(C)CCO)c1OC. The molecule has 4 heteroatoms. The summed E-state index contributed by atoms with van der Waals surface area (Å²) in [6.07, 6.45) is 0. The Labute approximate surface area is 96.4 Å². The molecule has 0 bridgehead atoms. The van der Waals surface area contributed by atoms with Crippen molar-refractivity contribution in [1.82, 2.24) is 4.90 Å². The lowest BCUT2D eigenvalue weighted by Gasteiger charge is -2.18. The Kier molecular flexibility index (Phi) is 5.08. The Balaban J connectivity index is 2.86. The van der Waals surface area contributed by atoms with Gasteiger partial charge in [-0.15, -0.1) is 0 Å². The van der Waals surface area contributed by atoms with Gasteiger partial charge in [-0.05, 0) is 13.1 Å². The van der Waals surface area contributed by atoms with Crippen LogP contribution in [-0.2, 0) is 6.54 Å². The van der Waals surface area contributed by atoms with Crippen LogP contribution in [-0.4, -0.2) is 44.4 Å².